The molecule has 154 valence electrons. The van der Waals surface area contributed by atoms with Crippen molar-refractivity contribution in [1.82, 2.24) is 10.6 Å². The first-order valence-corrected chi connectivity index (χ1v) is 9.66. The molecule has 2 amide bonds. The van der Waals surface area contributed by atoms with Crippen molar-refractivity contribution in [2.45, 2.75) is 56.8 Å². The molecular weight excluding hydrogens is 365 g/mol. The van der Waals surface area contributed by atoms with Gasteiger partial charge in [0.25, 0.3) is 0 Å². The van der Waals surface area contributed by atoms with Gasteiger partial charge in [-0.25, -0.2) is 0 Å². The third-order valence-corrected chi connectivity index (χ3v) is 5.75. The minimum atomic E-state index is -4.28. The normalized spacial score (nSPS) is 34.9. The number of amides is 2. The second kappa shape index (κ2) is 8.77. The molecule has 9 heteroatoms. The highest BCUT2D eigenvalue weighted by Gasteiger charge is 2.47. The molecule has 0 radical (unpaired) electrons. The van der Waals surface area contributed by atoms with Crippen LogP contribution in [0.2, 0.25) is 0 Å². The van der Waals surface area contributed by atoms with Crippen molar-refractivity contribution in [1.29, 1.82) is 0 Å². The zero-order valence-corrected chi connectivity index (χ0v) is 15.2. The zero-order valence-electron chi connectivity index (χ0n) is 15.2. The second-order valence-electron chi connectivity index (χ2n) is 7.81. The Bertz CT molecular complexity index is 537. The van der Waals surface area contributed by atoms with Crippen molar-refractivity contribution >= 4 is 11.8 Å². The van der Waals surface area contributed by atoms with E-state index in [0.717, 1.165) is 6.42 Å². The summed E-state index contributed by atoms with van der Waals surface area (Å²) in [5, 5.41) is 5.54. The van der Waals surface area contributed by atoms with Gasteiger partial charge in [0.15, 0.2) is 0 Å². The molecule has 1 aliphatic carbocycles. The van der Waals surface area contributed by atoms with Crippen LogP contribution in [0.4, 0.5) is 13.2 Å². The molecule has 5 atom stereocenters. The van der Waals surface area contributed by atoms with Crippen LogP contribution in [-0.2, 0) is 19.1 Å². The average Bonchev–Trinajstić information content (AvgIpc) is 3.12. The van der Waals surface area contributed by atoms with Gasteiger partial charge in [0.05, 0.1) is 31.2 Å². The van der Waals surface area contributed by atoms with E-state index in [2.05, 4.69) is 10.6 Å². The van der Waals surface area contributed by atoms with Gasteiger partial charge in [-0.15, -0.1) is 0 Å². The van der Waals surface area contributed by atoms with E-state index in [4.69, 9.17) is 9.47 Å². The number of alkyl halides is 3. The number of ether oxygens (including phenoxy) is 2. The highest BCUT2D eigenvalue weighted by atomic mass is 19.4. The molecule has 27 heavy (non-hydrogen) atoms. The van der Waals surface area contributed by atoms with Crippen LogP contribution in [0, 0.1) is 17.8 Å². The molecule has 0 aromatic carbocycles. The van der Waals surface area contributed by atoms with Crippen LogP contribution < -0.4 is 10.6 Å². The standard InChI is InChI=1S/C18H27F3N2O4/c19-18(20,21)12-1-2-14(15(7-12)27-10-11-4-6-26-9-11)17(25)23-13-3-5-22-16(24)8-13/h11-15H,1-10H2,(H,22,24)(H,23,25). The fourth-order valence-corrected chi connectivity index (χ4v) is 4.10. The Hall–Kier alpha value is -1.35. The van der Waals surface area contributed by atoms with Crippen LogP contribution in [0.5, 0.6) is 0 Å². The number of carbonyl (C=O) groups excluding carboxylic acids is 2. The summed E-state index contributed by atoms with van der Waals surface area (Å²) in [5.74, 6) is -2.31. The quantitative estimate of drug-likeness (QED) is 0.748. The first-order valence-electron chi connectivity index (χ1n) is 9.66. The Morgan fingerprint density at radius 1 is 1.26 bits per heavy atom. The summed E-state index contributed by atoms with van der Waals surface area (Å²) in [5.41, 5.74) is 0. The van der Waals surface area contributed by atoms with E-state index in [1.165, 1.54) is 0 Å². The first kappa shape index (κ1) is 20.4. The van der Waals surface area contributed by atoms with E-state index in [9.17, 15) is 22.8 Å². The van der Waals surface area contributed by atoms with Gasteiger partial charge < -0.3 is 20.1 Å². The molecule has 0 spiro atoms. The van der Waals surface area contributed by atoms with Crippen molar-refractivity contribution in [2.24, 2.45) is 17.8 Å². The van der Waals surface area contributed by atoms with E-state index < -0.39 is 24.1 Å². The van der Waals surface area contributed by atoms with Crippen molar-refractivity contribution < 1.29 is 32.2 Å². The molecule has 2 saturated heterocycles. The lowest BCUT2D eigenvalue weighted by Crippen LogP contribution is -2.51. The van der Waals surface area contributed by atoms with Gasteiger partial charge in [-0.05, 0) is 32.1 Å². The van der Waals surface area contributed by atoms with Crippen LogP contribution >= 0.6 is 0 Å². The molecule has 3 rings (SSSR count). The van der Waals surface area contributed by atoms with Gasteiger partial charge in [0.2, 0.25) is 11.8 Å². The molecule has 5 unspecified atom stereocenters. The van der Waals surface area contributed by atoms with Gasteiger partial charge in [-0.3, -0.25) is 9.59 Å². The lowest BCUT2D eigenvalue weighted by atomic mass is 9.78. The minimum absolute atomic E-state index is 0.0703. The molecular formula is C18H27F3N2O4. The summed E-state index contributed by atoms with van der Waals surface area (Å²) in [6, 6.07) is -0.268. The van der Waals surface area contributed by atoms with Gasteiger partial charge in [-0.1, -0.05) is 0 Å². The predicted molar refractivity (Wildman–Crippen MR) is 89.7 cm³/mol. The Morgan fingerprint density at radius 3 is 2.74 bits per heavy atom. The Balaban J connectivity index is 1.60. The first-order chi connectivity index (χ1) is 12.8. The molecule has 3 aliphatic rings. The van der Waals surface area contributed by atoms with E-state index in [1.807, 2.05) is 0 Å². The number of piperidine rings is 1. The highest BCUT2D eigenvalue weighted by Crippen LogP contribution is 2.41. The Morgan fingerprint density at radius 2 is 2.07 bits per heavy atom. The largest absolute Gasteiger partial charge is 0.391 e. The van der Waals surface area contributed by atoms with Crippen LogP contribution in [0.3, 0.4) is 0 Å². The van der Waals surface area contributed by atoms with Crippen LogP contribution in [0.25, 0.3) is 0 Å². The molecule has 3 fully saturated rings. The maximum Gasteiger partial charge on any atom is 0.391 e. The molecule has 0 aromatic heterocycles. The van der Waals surface area contributed by atoms with Crippen LogP contribution in [-0.4, -0.2) is 56.5 Å². The second-order valence-corrected chi connectivity index (χ2v) is 7.81. The van der Waals surface area contributed by atoms with Crippen molar-refractivity contribution in [3.63, 3.8) is 0 Å². The summed E-state index contributed by atoms with van der Waals surface area (Å²) in [6.45, 7) is 1.98. The van der Waals surface area contributed by atoms with Crippen LogP contribution in [0.15, 0.2) is 0 Å². The van der Waals surface area contributed by atoms with E-state index in [0.29, 0.717) is 32.8 Å². The summed E-state index contributed by atoms with van der Waals surface area (Å²) in [6.07, 6.45) is -3.51. The summed E-state index contributed by atoms with van der Waals surface area (Å²) in [7, 11) is 0. The van der Waals surface area contributed by atoms with E-state index in [-0.39, 0.29) is 49.5 Å². The summed E-state index contributed by atoms with van der Waals surface area (Å²) < 4.78 is 50.6. The Labute approximate surface area is 156 Å². The summed E-state index contributed by atoms with van der Waals surface area (Å²) >= 11 is 0. The molecule has 0 aromatic rings. The number of carbonyl (C=O) groups is 2. The highest BCUT2D eigenvalue weighted by molar-refractivity contribution is 5.82. The Kier molecular flexibility index (Phi) is 6.62. The monoisotopic (exact) mass is 392 g/mol. The van der Waals surface area contributed by atoms with Gasteiger partial charge in [-0.2, -0.15) is 13.2 Å². The summed E-state index contributed by atoms with van der Waals surface area (Å²) in [4.78, 5) is 24.2. The third kappa shape index (κ3) is 5.57. The molecule has 0 bridgehead atoms. The lowest BCUT2D eigenvalue weighted by molar-refractivity contribution is -0.199. The lowest BCUT2D eigenvalue weighted by Gasteiger charge is -2.37. The van der Waals surface area contributed by atoms with Crippen molar-refractivity contribution in [3.05, 3.63) is 0 Å². The molecule has 2 heterocycles. The molecule has 2 N–H and O–H groups in total. The zero-order chi connectivity index (χ0) is 19.4. The maximum absolute atomic E-state index is 13.2. The number of rotatable bonds is 5. The fourth-order valence-electron chi connectivity index (χ4n) is 4.10. The van der Waals surface area contributed by atoms with Gasteiger partial charge >= 0.3 is 6.18 Å². The van der Waals surface area contributed by atoms with Gasteiger partial charge in [0, 0.05) is 31.5 Å². The van der Waals surface area contributed by atoms with E-state index >= 15 is 0 Å². The average molecular weight is 392 g/mol. The number of nitrogens with one attached hydrogen (secondary N) is 2. The van der Waals surface area contributed by atoms with Crippen molar-refractivity contribution in [2.75, 3.05) is 26.4 Å². The van der Waals surface area contributed by atoms with Gasteiger partial charge in [0.1, 0.15) is 0 Å². The SMILES string of the molecule is O=C1CC(NC(=O)C2CCC(C(F)(F)F)CC2OCC2CCOC2)CCN1. The molecule has 6 nitrogen and oxygen atoms in total. The number of hydrogen-bond donors (Lipinski definition) is 2. The number of halogens is 3. The third-order valence-electron chi connectivity index (χ3n) is 5.75. The predicted octanol–water partition coefficient (Wildman–Crippen LogP) is 1.78. The fraction of sp³-hybridized carbons (Fsp3) is 0.889. The minimum Gasteiger partial charge on any atom is -0.381 e. The van der Waals surface area contributed by atoms with E-state index in [1.54, 1.807) is 0 Å². The topological polar surface area (TPSA) is 76.7 Å². The molecule has 2 aliphatic heterocycles. The van der Waals surface area contributed by atoms with Crippen molar-refractivity contribution in [3.8, 4) is 0 Å². The maximum atomic E-state index is 13.2. The van der Waals surface area contributed by atoms with Crippen LogP contribution in [0.1, 0.15) is 38.5 Å². The molecule has 1 saturated carbocycles. The number of hydrogen-bond acceptors (Lipinski definition) is 4. The smallest absolute Gasteiger partial charge is 0.381 e.